The van der Waals surface area contributed by atoms with Gasteiger partial charge in [0.25, 0.3) is 0 Å². The van der Waals surface area contributed by atoms with Crippen LogP contribution in [0.3, 0.4) is 0 Å². The first-order valence-electron chi connectivity index (χ1n) is 4.19. The van der Waals surface area contributed by atoms with Gasteiger partial charge in [0.2, 0.25) is 0 Å². The number of rotatable bonds is 3. The van der Waals surface area contributed by atoms with Crippen molar-refractivity contribution in [3.63, 3.8) is 0 Å². The first-order chi connectivity index (χ1) is 7.23. The Morgan fingerprint density at radius 2 is 1.94 bits per heavy atom. The van der Waals surface area contributed by atoms with Crippen LogP contribution in [0.1, 0.15) is 11.7 Å². The number of benzene rings is 1. The second-order valence-electron chi connectivity index (χ2n) is 3.29. The molecule has 7 heteroatoms. The third kappa shape index (κ3) is 3.46. The van der Waals surface area contributed by atoms with Crippen LogP contribution in [0.5, 0.6) is 0 Å². The highest BCUT2D eigenvalue weighted by atomic mass is 127. The molecule has 0 spiro atoms. The third-order valence-corrected chi connectivity index (χ3v) is 7.03. The van der Waals surface area contributed by atoms with Gasteiger partial charge in [0, 0.05) is 21.9 Å². The lowest BCUT2D eigenvalue weighted by Gasteiger charge is -2.17. The molecule has 0 aliphatic carbocycles. The maximum absolute atomic E-state index is 11.3. The summed E-state index contributed by atoms with van der Waals surface area (Å²) in [6, 6.07) is 4.54. The van der Waals surface area contributed by atoms with Crippen LogP contribution in [-0.4, -0.2) is 23.0 Å². The molecule has 1 rings (SSSR count). The van der Waals surface area contributed by atoms with Crippen LogP contribution in [0.25, 0.3) is 0 Å². The molecular formula is C9H9Cl2IO3S. The van der Waals surface area contributed by atoms with Gasteiger partial charge in [-0.15, -0.1) is 0 Å². The van der Waals surface area contributed by atoms with Crippen LogP contribution in [0.15, 0.2) is 18.2 Å². The van der Waals surface area contributed by atoms with E-state index < -0.39 is 19.2 Å². The van der Waals surface area contributed by atoms with E-state index in [2.05, 4.69) is 0 Å². The Balaban J connectivity index is 3.10. The Labute approximate surface area is 118 Å². The lowest BCUT2D eigenvalue weighted by atomic mass is 10.1. The SMILES string of the molecule is CS(=O)(=O)[C@@H](I)[C@H](O)c1ccc(Cl)cc1Cl. The zero-order valence-corrected chi connectivity index (χ0v) is 12.7. The van der Waals surface area contributed by atoms with Crippen molar-refractivity contribution in [2.24, 2.45) is 0 Å². The predicted molar refractivity (Wildman–Crippen MR) is 74.1 cm³/mol. The quantitative estimate of drug-likeness (QED) is 0.633. The van der Waals surface area contributed by atoms with Crippen molar-refractivity contribution in [1.29, 1.82) is 0 Å². The molecule has 1 aromatic rings. The van der Waals surface area contributed by atoms with Crippen molar-refractivity contribution >= 4 is 55.6 Å². The van der Waals surface area contributed by atoms with Crippen molar-refractivity contribution in [1.82, 2.24) is 0 Å². The summed E-state index contributed by atoms with van der Waals surface area (Å²) in [6.45, 7) is 0. The highest BCUT2D eigenvalue weighted by Crippen LogP contribution is 2.32. The first kappa shape index (κ1) is 14.5. The smallest absolute Gasteiger partial charge is 0.162 e. The van der Waals surface area contributed by atoms with Gasteiger partial charge in [-0.1, -0.05) is 51.9 Å². The summed E-state index contributed by atoms with van der Waals surface area (Å²) in [5.41, 5.74) is 0.357. The zero-order valence-electron chi connectivity index (χ0n) is 8.19. The molecule has 0 amide bonds. The molecule has 0 aromatic heterocycles. The molecular weight excluding hydrogens is 386 g/mol. The number of aliphatic hydroxyl groups excluding tert-OH is 1. The maximum Gasteiger partial charge on any atom is 0.162 e. The molecule has 0 aliphatic heterocycles. The Kier molecular flexibility index (Phi) is 4.88. The molecule has 0 unspecified atom stereocenters. The summed E-state index contributed by atoms with van der Waals surface area (Å²) >= 11 is 13.3. The second kappa shape index (κ2) is 5.39. The minimum atomic E-state index is -3.33. The van der Waals surface area contributed by atoms with E-state index in [0.717, 1.165) is 6.26 Å². The van der Waals surface area contributed by atoms with Gasteiger partial charge in [-0.25, -0.2) is 8.42 Å². The van der Waals surface area contributed by atoms with E-state index in [1.165, 1.54) is 12.1 Å². The number of sulfone groups is 1. The van der Waals surface area contributed by atoms with Gasteiger partial charge < -0.3 is 5.11 Å². The number of hydrogen-bond donors (Lipinski definition) is 1. The molecule has 0 radical (unpaired) electrons. The first-order valence-corrected chi connectivity index (χ1v) is 8.15. The zero-order chi connectivity index (χ0) is 12.5. The van der Waals surface area contributed by atoms with Crippen LogP contribution in [0, 0.1) is 0 Å². The summed E-state index contributed by atoms with van der Waals surface area (Å²) in [6.07, 6.45) is -0.0997. The van der Waals surface area contributed by atoms with E-state index in [1.807, 2.05) is 0 Å². The lowest BCUT2D eigenvalue weighted by molar-refractivity contribution is 0.197. The molecule has 1 N–H and O–H groups in total. The lowest BCUT2D eigenvalue weighted by Crippen LogP contribution is -2.21. The predicted octanol–water partition coefficient (Wildman–Crippen LogP) is 2.83. The largest absolute Gasteiger partial charge is 0.386 e. The molecule has 0 aliphatic rings. The fourth-order valence-corrected chi connectivity index (χ4v) is 2.64. The fourth-order valence-electron chi connectivity index (χ4n) is 1.12. The summed E-state index contributed by atoms with van der Waals surface area (Å²) in [7, 11) is -3.33. The fraction of sp³-hybridized carbons (Fsp3) is 0.333. The molecule has 0 bridgehead atoms. The van der Waals surface area contributed by atoms with Crippen LogP contribution < -0.4 is 0 Å². The molecule has 16 heavy (non-hydrogen) atoms. The average Bonchev–Trinajstić information content (AvgIpc) is 2.14. The van der Waals surface area contributed by atoms with Gasteiger partial charge >= 0.3 is 0 Å². The van der Waals surface area contributed by atoms with E-state index >= 15 is 0 Å². The van der Waals surface area contributed by atoms with Crippen molar-refractivity contribution in [3.05, 3.63) is 33.8 Å². The molecule has 90 valence electrons. The highest BCUT2D eigenvalue weighted by Gasteiger charge is 2.28. The van der Waals surface area contributed by atoms with E-state index in [9.17, 15) is 13.5 Å². The van der Waals surface area contributed by atoms with E-state index in [1.54, 1.807) is 28.7 Å². The Morgan fingerprint density at radius 3 is 2.38 bits per heavy atom. The van der Waals surface area contributed by atoms with Gasteiger partial charge in [0.15, 0.2) is 9.84 Å². The van der Waals surface area contributed by atoms with Crippen molar-refractivity contribution in [3.8, 4) is 0 Å². The van der Waals surface area contributed by atoms with Gasteiger partial charge in [0.1, 0.15) is 9.36 Å². The standard InChI is InChI=1S/C9H9Cl2IO3S/c1-16(14,15)9(12)8(13)6-3-2-5(10)4-7(6)11/h2-4,8-9,13H,1H3/t8-,9-/m1/s1. The summed E-state index contributed by atoms with van der Waals surface area (Å²) in [5.74, 6) is 0. The van der Waals surface area contributed by atoms with Gasteiger partial charge in [-0.2, -0.15) is 0 Å². The normalized spacial score (nSPS) is 15.8. The van der Waals surface area contributed by atoms with Crippen LogP contribution in [0.2, 0.25) is 10.0 Å². The maximum atomic E-state index is 11.3. The van der Waals surface area contributed by atoms with E-state index in [0.29, 0.717) is 10.6 Å². The molecule has 0 fully saturated rings. The average molecular weight is 395 g/mol. The molecule has 3 nitrogen and oxygen atoms in total. The molecule has 1 aromatic carbocycles. The number of halogens is 3. The van der Waals surface area contributed by atoms with Gasteiger partial charge in [0.05, 0.1) is 0 Å². The van der Waals surface area contributed by atoms with Gasteiger partial charge in [-0.3, -0.25) is 0 Å². The Morgan fingerprint density at radius 1 is 1.38 bits per heavy atom. The Hall–Kier alpha value is 0.440. The minimum Gasteiger partial charge on any atom is -0.386 e. The topological polar surface area (TPSA) is 54.4 Å². The minimum absolute atomic E-state index is 0.255. The number of alkyl halides is 1. The molecule has 0 saturated heterocycles. The Bertz CT molecular complexity index is 490. The van der Waals surface area contributed by atoms with Crippen molar-refractivity contribution in [2.75, 3.05) is 6.26 Å². The van der Waals surface area contributed by atoms with E-state index in [4.69, 9.17) is 23.2 Å². The third-order valence-electron chi connectivity index (χ3n) is 1.94. The summed E-state index contributed by atoms with van der Waals surface area (Å²) in [5, 5.41) is 10.6. The van der Waals surface area contributed by atoms with Gasteiger partial charge in [-0.05, 0) is 12.1 Å². The van der Waals surface area contributed by atoms with Crippen LogP contribution in [-0.2, 0) is 9.84 Å². The summed E-state index contributed by atoms with van der Waals surface area (Å²) < 4.78 is 21.6. The van der Waals surface area contributed by atoms with Crippen molar-refractivity contribution < 1.29 is 13.5 Å². The van der Waals surface area contributed by atoms with E-state index in [-0.39, 0.29) is 5.02 Å². The van der Waals surface area contributed by atoms with Crippen LogP contribution in [0.4, 0.5) is 0 Å². The number of hydrogen-bond acceptors (Lipinski definition) is 3. The number of aliphatic hydroxyl groups is 1. The highest BCUT2D eigenvalue weighted by molar-refractivity contribution is 14.1. The summed E-state index contributed by atoms with van der Waals surface area (Å²) in [4.78, 5) is 0. The monoisotopic (exact) mass is 394 g/mol. The second-order valence-corrected chi connectivity index (χ2v) is 8.49. The van der Waals surface area contributed by atoms with Crippen molar-refractivity contribution in [2.45, 2.75) is 9.36 Å². The molecule has 0 heterocycles. The molecule has 0 saturated carbocycles. The molecule has 2 atom stereocenters. The van der Waals surface area contributed by atoms with Crippen LogP contribution >= 0.6 is 45.8 Å².